The Morgan fingerprint density at radius 3 is 0.800 bits per heavy atom. The van der Waals surface area contributed by atoms with Crippen LogP contribution in [-0.4, -0.2) is 48.5 Å². The number of hydrogen-bond donors (Lipinski definition) is 4. The standard InChI is InChI=1S/C42H86N4O2S2/c1-3-5-7-9-11-13-15-17-19-21-23-25-27-29-31-33-35-45-41(47)39(43)37-49-50-38-40(44)42(48)46-36-34-32-30-28-26-24-22-20-18-16-14-12-10-8-6-4-2/h39-40H,3-38,43-44H2,1-2H3,(H,45,47)(H,46,48)/t39-,40-/m0/s1. The van der Waals surface area contributed by atoms with Gasteiger partial charge in [0, 0.05) is 24.6 Å². The molecule has 0 fully saturated rings. The lowest BCUT2D eigenvalue weighted by atomic mass is 10.0. The van der Waals surface area contributed by atoms with Crippen LogP contribution in [0.5, 0.6) is 0 Å². The molecule has 0 bridgehead atoms. The normalized spacial score (nSPS) is 12.6. The van der Waals surface area contributed by atoms with Gasteiger partial charge in [0.2, 0.25) is 11.8 Å². The maximum atomic E-state index is 12.3. The second kappa shape index (κ2) is 41.3. The molecule has 0 unspecified atom stereocenters. The molecule has 0 heterocycles. The minimum absolute atomic E-state index is 0.0834. The van der Waals surface area contributed by atoms with Crippen LogP contribution >= 0.6 is 21.6 Å². The fourth-order valence-corrected chi connectivity index (χ4v) is 8.67. The zero-order chi connectivity index (χ0) is 36.6. The van der Waals surface area contributed by atoms with Crippen LogP contribution in [0.15, 0.2) is 0 Å². The summed E-state index contributed by atoms with van der Waals surface area (Å²) < 4.78 is 0. The van der Waals surface area contributed by atoms with Gasteiger partial charge in [0.05, 0.1) is 12.1 Å². The first-order valence-electron chi connectivity index (χ1n) is 21.8. The van der Waals surface area contributed by atoms with E-state index in [1.54, 1.807) is 0 Å². The highest BCUT2D eigenvalue weighted by Crippen LogP contribution is 2.22. The van der Waals surface area contributed by atoms with Gasteiger partial charge in [-0.2, -0.15) is 0 Å². The van der Waals surface area contributed by atoms with E-state index in [2.05, 4.69) is 24.5 Å². The molecule has 0 aromatic carbocycles. The van der Waals surface area contributed by atoms with Crippen molar-refractivity contribution in [2.75, 3.05) is 24.6 Å². The van der Waals surface area contributed by atoms with Gasteiger partial charge >= 0.3 is 0 Å². The highest BCUT2D eigenvalue weighted by Gasteiger charge is 2.16. The molecule has 0 aromatic rings. The molecule has 0 rings (SSSR count). The van der Waals surface area contributed by atoms with Crippen molar-refractivity contribution in [3.05, 3.63) is 0 Å². The zero-order valence-electron chi connectivity index (χ0n) is 33.4. The van der Waals surface area contributed by atoms with Crippen molar-refractivity contribution < 1.29 is 9.59 Å². The van der Waals surface area contributed by atoms with Gasteiger partial charge in [-0.15, -0.1) is 0 Å². The van der Waals surface area contributed by atoms with E-state index in [1.165, 1.54) is 201 Å². The number of nitrogens with two attached hydrogens (primary N) is 2. The van der Waals surface area contributed by atoms with E-state index in [9.17, 15) is 9.59 Å². The molecule has 0 aliphatic carbocycles. The monoisotopic (exact) mass is 743 g/mol. The Hall–Kier alpha value is -0.440. The van der Waals surface area contributed by atoms with Crippen LogP contribution in [0.25, 0.3) is 0 Å². The van der Waals surface area contributed by atoms with Crippen LogP contribution in [0.3, 0.4) is 0 Å². The molecule has 0 radical (unpaired) electrons. The Balaban J connectivity index is 3.45. The van der Waals surface area contributed by atoms with Gasteiger partial charge in [-0.1, -0.05) is 228 Å². The number of nitrogens with one attached hydrogen (secondary N) is 2. The Bertz CT molecular complexity index is 657. The fraction of sp³-hybridized carbons (Fsp3) is 0.952. The highest BCUT2D eigenvalue weighted by atomic mass is 33.1. The quantitative estimate of drug-likeness (QED) is 0.0367. The Morgan fingerprint density at radius 1 is 0.380 bits per heavy atom. The van der Waals surface area contributed by atoms with Crippen molar-refractivity contribution in [3.8, 4) is 0 Å². The molecule has 0 aliphatic heterocycles. The largest absolute Gasteiger partial charge is 0.355 e. The number of carbonyl (C=O) groups is 2. The third-order valence-electron chi connectivity index (χ3n) is 9.91. The molecular formula is C42H86N4O2S2. The summed E-state index contributed by atoms with van der Waals surface area (Å²) in [5, 5.41) is 5.98. The van der Waals surface area contributed by atoms with E-state index < -0.39 is 12.1 Å². The summed E-state index contributed by atoms with van der Waals surface area (Å²) in [5.74, 6) is 0.867. The molecule has 2 atom stereocenters. The predicted octanol–water partition coefficient (Wildman–Crippen LogP) is 11.8. The molecule has 2 amide bonds. The molecule has 0 saturated carbocycles. The minimum atomic E-state index is -0.534. The molecular weight excluding hydrogens is 657 g/mol. The fourth-order valence-electron chi connectivity index (χ4n) is 6.43. The average molecular weight is 743 g/mol. The van der Waals surface area contributed by atoms with E-state index in [0.29, 0.717) is 24.6 Å². The van der Waals surface area contributed by atoms with E-state index in [-0.39, 0.29) is 11.8 Å². The molecule has 50 heavy (non-hydrogen) atoms. The first kappa shape index (κ1) is 49.6. The summed E-state index contributed by atoms with van der Waals surface area (Å²) in [6.45, 7) is 5.97. The number of unbranched alkanes of at least 4 members (excludes halogenated alkanes) is 30. The summed E-state index contributed by atoms with van der Waals surface area (Å²) in [5.41, 5.74) is 12.2. The lowest BCUT2D eigenvalue weighted by Gasteiger charge is -2.14. The second-order valence-electron chi connectivity index (χ2n) is 15.0. The topological polar surface area (TPSA) is 110 Å². The van der Waals surface area contributed by atoms with Gasteiger partial charge in [0.1, 0.15) is 0 Å². The summed E-state index contributed by atoms with van der Waals surface area (Å²) in [7, 11) is 3.04. The van der Waals surface area contributed by atoms with Crippen LogP contribution < -0.4 is 22.1 Å². The molecule has 6 N–H and O–H groups in total. The number of carbonyl (C=O) groups excluding carboxylic acids is 2. The summed E-state index contributed by atoms with van der Waals surface area (Å²) in [4.78, 5) is 24.7. The van der Waals surface area contributed by atoms with Crippen LogP contribution in [0.4, 0.5) is 0 Å². The number of rotatable bonds is 41. The number of hydrogen-bond acceptors (Lipinski definition) is 6. The smallest absolute Gasteiger partial charge is 0.237 e. The number of amides is 2. The first-order valence-corrected chi connectivity index (χ1v) is 24.3. The van der Waals surface area contributed by atoms with Gasteiger partial charge in [0.25, 0.3) is 0 Å². The molecule has 0 aliphatic rings. The average Bonchev–Trinajstić information content (AvgIpc) is 3.12. The van der Waals surface area contributed by atoms with Crippen molar-refractivity contribution in [3.63, 3.8) is 0 Å². The predicted molar refractivity (Wildman–Crippen MR) is 226 cm³/mol. The second-order valence-corrected chi connectivity index (χ2v) is 17.5. The third-order valence-corrected chi connectivity index (χ3v) is 12.4. The van der Waals surface area contributed by atoms with Gasteiger partial charge in [-0.05, 0) is 12.8 Å². The maximum Gasteiger partial charge on any atom is 0.237 e. The van der Waals surface area contributed by atoms with E-state index >= 15 is 0 Å². The Morgan fingerprint density at radius 2 is 0.580 bits per heavy atom. The maximum absolute atomic E-state index is 12.3. The molecule has 8 heteroatoms. The van der Waals surface area contributed by atoms with Crippen LogP contribution in [-0.2, 0) is 9.59 Å². The van der Waals surface area contributed by atoms with E-state index in [4.69, 9.17) is 11.5 Å². The zero-order valence-corrected chi connectivity index (χ0v) is 35.0. The molecule has 0 saturated heterocycles. The van der Waals surface area contributed by atoms with Crippen LogP contribution in [0.2, 0.25) is 0 Å². The van der Waals surface area contributed by atoms with Gasteiger partial charge < -0.3 is 22.1 Å². The van der Waals surface area contributed by atoms with Crippen molar-refractivity contribution >= 4 is 33.4 Å². The third kappa shape index (κ3) is 37.3. The van der Waals surface area contributed by atoms with E-state index in [1.807, 2.05) is 0 Å². The van der Waals surface area contributed by atoms with Crippen LogP contribution in [0.1, 0.15) is 219 Å². The summed E-state index contributed by atoms with van der Waals surface area (Å²) >= 11 is 0. The molecule has 0 aromatic heterocycles. The van der Waals surface area contributed by atoms with Crippen molar-refractivity contribution in [2.45, 2.75) is 231 Å². The lowest BCUT2D eigenvalue weighted by Crippen LogP contribution is -2.43. The van der Waals surface area contributed by atoms with Gasteiger partial charge in [0.15, 0.2) is 0 Å². The molecule has 6 nitrogen and oxygen atoms in total. The Kier molecular flexibility index (Phi) is 41.0. The Labute approximate surface area is 319 Å². The van der Waals surface area contributed by atoms with Gasteiger partial charge in [-0.25, -0.2) is 0 Å². The van der Waals surface area contributed by atoms with Crippen molar-refractivity contribution in [2.24, 2.45) is 11.5 Å². The molecule has 0 spiro atoms. The van der Waals surface area contributed by atoms with Gasteiger partial charge in [-0.3, -0.25) is 9.59 Å². The van der Waals surface area contributed by atoms with Crippen molar-refractivity contribution in [1.29, 1.82) is 0 Å². The first-order chi connectivity index (χ1) is 24.5. The van der Waals surface area contributed by atoms with Crippen LogP contribution in [0, 0.1) is 0 Å². The lowest BCUT2D eigenvalue weighted by molar-refractivity contribution is -0.122. The summed E-state index contributed by atoms with van der Waals surface area (Å²) in [6.07, 6.45) is 43.1. The van der Waals surface area contributed by atoms with Crippen molar-refractivity contribution in [1.82, 2.24) is 10.6 Å². The summed E-state index contributed by atoms with van der Waals surface area (Å²) in [6, 6.07) is -1.07. The molecule has 298 valence electrons. The van der Waals surface area contributed by atoms with E-state index in [0.717, 1.165) is 25.7 Å². The SMILES string of the molecule is CCCCCCCCCCCCCCCCCCNC(=O)[C@@H](N)CSSC[C@H](N)C(=O)NCCCCCCCCCCCCCCCCCC. The minimum Gasteiger partial charge on any atom is -0.355 e. The highest BCUT2D eigenvalue weighted by molar-refractivity contribution is 8.76.